The Morgan fingerprint density at radius 1 is 1.38 bits per heavy atom. The number of nitrogens with zero attached hydrogens (tertiary/aromatic N) is 2. The zero-order valence-electron chi connectivity index (χ0n) is 13.0. The molecule has 0 aliphatic carbocycles. The monoisotopic (exact) mass is 363 g/mol. The van der Waals surface area contributed by atoms with Crippen molar-refractivity contribution in [1.29, 1.82) is 0 Å². The molecule has 9 heteroatoms. The van der Waals surface area contributed by atoms with Crippen LogP contribution < -0.4 is 5.43 Å². The summed E-state index contributed by atoms with van der Waals surface area (Å²) >= 11 is 5.90. The van der Waals surface area contributed by atoms with Gasteiger partial charge in [0.05, 0.1) is 22.9 Å². The molecule has 1 N–H and O–H groups in total. The molecule has 2 rings (SSSR count). The maximum Gasteiger partial charge on any atom is 0.416 e. The Kier molecular flexibility index (Phi) is 5.93. The van der Waals surface area contributed by atoms with Gasteiger partial charge in [0.1, 0.15) is 0 Å². The van der Waals surface area contributed by atoms with E-state index in [-0.39, 0.29) is 23.2 Å². The topological polar surface area (TPSA) is 53.9 Å². The zero-order valence-corrected chi connectivity index (χ0v) is 13.7. The van der Waals surface area contributed by atoms with Crippen LogP contribution in [0.3, 0.4) is 0 Å². The molecule has 0 radical (unpaired) electrons. The van der Waals surface area contributed by atoms with E-state index in [9.17, 15) is 18.0 Å². The fourth-order valence-corrected chi connectivity index (χ4v) is 2.43. The van der Waals surface area contributed by atoms with Crippen LogP contribution in [-0.2, 0) is 15.7 Å². The first kappa shape index (κ1) is 18.4. The summed E-state index contributed by atoms with van der Waals surface area (Å²) in [5.41, 5.74) is 1.56. The second kappa shape index (κ2) is 7.74. The van der Waals surface area contributed by atoms with Gasteiger partial charge >= 0.3 is 12.1 Å². The van der Waals surface area contributed by atoms with Gasteiger partial charge in [-0.2, -0.15) is 13.2 Å². The van der Waals surface area contributed by atoms with Crippen LogP contribution in [0, 0.1) is 0 Å². The van der Waals surface area contributed by atoms with Crippen LogP contribution in [0.4, 0.5) is 18.9 Å². The molecule has 0 spiro atoms. The molecule has 0 unspecified atom stereocenters. The van der Waals surface area contributed by atoms with Gasteiger partial charge in [-0.1, -0.05) is 11.6 Å². The third-order valence-electron chi connectivity index (χ3n) is 3.44. The summed E-state index contributed by atoms with van der Waals surface area (Å²) in [4.78, 5) is 13.7. The van der Waals surface area contributed by atoms with Crippen LogP contribution in [-0.4, -0.2) is 36.4 Å². The Labute approximate surface area is 142 Å². The summed E-state index contributed by atoms with van der Waals surface area (Å²) in [5.74, 6) is -0.599. The molecule has 0 saturated carbocycles. The van der Waals surface area contributed by atoms with Gasteiger partial charge in [-0.25, -0.2) is 4.79 Å². The number of nitrogens with one attached hydrogen (secondary N) is 1. The van der Waals surface area contributed by atoms with Gasteiger partial charge in [0.25, 0.3) is 0 Å². The smallest absolute Gasteiger partial charge is 0.416 e. The Morgan fingerprint density at radius 2 is 2.04 bits per heavy atom. The minimum absolute atomic E-state index is 0.0304. The second-order valence-electron chi connectivity index (χ2n) is 5.15. The van der Waals surface area contributed by atoms with E-state index in [2.05, 4.69) is 10.5 Å². The molecular formula is C15H17ClF3N3O2. The number of anilines is 1. The lowest BCUT2D eigenvalue weighted by Gasteiger charge is -2.18. The molecule has 1 fully saturated rings. The van der Waals surface area contributed by atoms with Crippen molar-refractivity contribution in [2.75, 3.05) is 25.1 Å². The second-order valence-corrected chi connectivity index (χ2v) is 5.56. The predicted molar refractivity (Wildman–Crippen MR) is 85.0 cm³/mol. The molecule has 1 heterocycles. The Hall–Kier alpha value is -1.96. The summed E-state index contributed by atoms with van der Waals surface area (Å²) < 4.78 is 43.3. The molecule has 1 aliphatic rings. The first-order chi connectivity index (χ1) is 11.3. The van der Waals surface area contributed by atoms with Gasteiger partial charge in [0.2, 0.25) is 5.84 Å². The van der Waals surface area contributed by atoms with Gasteiger partial charge in [-0.15, -0.1) is 5.10 Å². The van der Waals surface area contributed by atoms with Crippen molar-refractivity contribution >= 4 is 29.1 Å². The number of benzene rings is 1. The first-order valence-electron chi connectivity index (χ1n) is 7.45. The zero-order chi connectivity index (χ0) is 17.7. The normalized spacial score (nSPS) is 15.5. The van der Waals surface area contributed by atoms with Gasteiger partial charge < -0.3 is 9.64 Å². The number of halogens is 4. The number of carbonyl (C=O) groups excluding carboxylic acids is 1. The number of hydrogen-bond acceptors (Lipinski definition) is 4. The van der Waals surface area contributed by atoms with Gasteiger partial charge in [-0.3, -0.25) is 5.43 Å². The molecule has 1 aliphatic heterocycles. The molecule has 0 aromatic heterocycles. The third-order valence-corrected chi connectivity index (χ3v) is 3.77. The highest BCUT2D eigenvalue weighted by molar-refractivity contribution is 6.35. The van der Waals surface area contributed by atoms with Crippen molar-refractivity contribution in [3.05, 3.63) is 28.8 Å². The molecule has 0 bridgehead atoms. The molecule has 132 valence electrons. The number of carbonyl (C=O) groups is 1. The number of rotatable bonds is 3. The van der Waals surface area contributed by atoms with Crippen molar-refractivity contribution in [1.82, 2.24) is 4.90 Å². The van der Waals surface area contributed by atoms with Gasteiger partial charge in [0.15, 0.2) is 0 Å². The van der Waals surface area contributed by atoms with Crippen LogP contribution in [0.25, 0.3) is 0 Å². The number of hydrazone groups is 1. The Bertz CT molecular complexity index is 629. The number of ether oxygens (including phenoxy) is 1. The van der Waals surface area contributed by atoms with Crippen LogP contribution in [0.5, 0.6) is 0 Å². The summed E-state index contributed by atoms with van der Waals surface area (Å²) in [6.45, 7) is 3.11. The lowest BCUT2D eigenvalue weighted by Crippen LogP contribution is -2.36. The third kappa shape index (κ3) is 4.53. The molecular weight excluding hydrogens is 347 g/mol. The van der Waals surface area contributed by atoms with Crippen LogP contribution in [0.2, 0.25) is 5.02 Å². The lowest BCUT2D eigenvalue weighted by molar-refractivity contribution is -0.137. The van der Waals surface area contributed by atoms with E-state index < -0.39 is 17.7 Å². The summed E-state index contributed by atoms with van der Waals surface area (Å²) in [6.07, 6.45) is -2.69. The summed E-state index contributed by atoms with van der Waals surface area (Å²) in [6, 6.07) is 2.85. The summed E-state index contributed by atoms with van der Waals surface area (Å²) in [7, 11) is 0. The molecule has 1 aromatic carbocycles. The average molecular weight is 364 g/mol. The van der Waals surface area contributed by atoms with Crippen LogP contribution >= 0.6 is 11.6 Å². The molecule has 1 aromatic rings. The molecule has 1 saturated heterocycles. The number of likely N-dealkylation sites (tertiary alicyclic amines) is 1. The lowest BCUT2D eigenvalue weighted by atomic mass is 10.2. The summed E-state index contributed by atoms with van der Waals surface area (Å²) in [5, 5.41) is 4.01. The van der Waals surface area contributed by atoms with Crippen molar-refractivity contribution in [3.8, 4) is 0 Å². The van der Waals surface area contributed by atoms with Crippen LogP contribution in [0.15, 0.2) is 23.3 Å². The van der Waals surface area contributed by atoms with E-state index in [0.717, 1.165) is 31.0 Å². The predicted octanol–water partition coefficient (Wildman–Crippen LogP) is 3.74. The largest absolute Gasteiger partial charge is 0.460 e. The van der Waals surface area contributed by atoms with Crippen LogP contribution in [0.1, 0.15) is 25.3 Å². The van der Waals surface area contributed by atoms with E-state index in [0.29, 0.717) is 13.1 Å². The quantitative estimate of drug-likeness (QED) is 0.384. The average Bonchev–Trinajstić information content (AvgIpc) is 3.02. The van der Waals surface area contributed by atoms with Crippen molar-refractivity contribution in [2.45, 2.75) is 25.9 Å². The van der Waals surface area contributed by atoms with E-state index >= 15 is 0 Å². The highest BCUT2D eigenvalue weighted by Crippen LogP contribution is 2.33. The van der Waals surface area contributed by atoms with E-state index in [1.54, 1.807) is 11.8 Å². The van der Waals surface area contributed by atoms with Crippen molar-refractivity contribution in [3.63, 3.8) is 0 Å². The number of amidine groups is 1. The number of alkyl halides is 3. The maximum atomic E-state index is 12.8. The fourth-order valence-electron chi connectivity index (χ4n) is 2.27. The SMILES string of the molecule is CCOC(=O)/C(=N/Nc1cc(C(F)(F)F)ccc1Cl)N1CCCC1. The molecule has 0 atom stereocenters. The highest BCUT2D eigenvalue weighted by atomic mass is 35.5. The highest BCUT2D eigenvalue weighted by Gasteiger charge is 2.31. The fraction of sp³-hybridized carbons (Fsp3) is 0.467. The first-order valence-corrected chi connectivity index (χ1v) is 7.83. The Balaban J connectivity index is 2.26. The van der Waals surface area contributed by atoms with E-state index in [4.69, 9.17) is 16.3 Å². The molecule has 24 heavy (non-hydrogen) atoms. The van der Waals surface area contributed by atoms with Gasteiger partial charge in [0, 0.05) is 13.1 Å². The van der Waals surface area contributed by atoms with Crippen molar-refractivity contribution < 1.29 is 22.7 Å². The number of hydrogen-bond donors (Lipinski definition) is 1. The van der Waals surface area contributed by atoms with Crippen molar-refractivity contribution in [2.24, 2.45) is 5.10 Å². The minimum atomic E-state index is -4.50. The minimum Gasteiger partial charge on any atom is -0.460 e. The standard InChI is InChI=1S/C15H17ClF3N3O2/c1-2-24-14(23)13(22-7-3-4-8-22)21-20-12-9-10(15(17,18)19)5-6-11(12)16/h5-6,9,20H,2-4,7-8H2,1H3/b21-13-. The maximum absolute atomic E-state index is 12.8. The van der Waals surface area contributed by atoms with Gasteiger partial charge in [-0.05, 0) is 38.0 Å². The molecule has 0 amide bonds. The number of esters is 1. The van der Waals surface area contributed by atoms with E-state index in [1.165, 1.54) is 0 Å². The Morgan fingerprint density at radius 3 is 2.62 bits per heavy atom. The molecule has 5 nitrogen and oxygen atoms in total. The van der Waals surface area contributed by atoms with E-state index in [1.807, 2.05) is 0 Å².